The van der Waals surface area contributed by atoms with Crippen molar-refractivity contribution in [3.8, 4) is 0 Å². The Bertz CT molecular complexity index is 1310. The summed E-state index contributed by atoms with van der Waals surface area (Å²) < 4.78 is 25.4. The van der Waals surface area contributed by atoms with E-state index in [1.807, 2.05) is 6.92 Å². The Hall–Kier alpha value is -2.05. The van der Waals surface area contributed by atoms with Crippen molar-refractivity contribution in [2.24, 2.45) is 0 Å². The molecule has 0 spiro atoms. The number of hydrogen-bond donors (Lipinski definition) is 1. The van der Waals surface area contributed by atoms with E-state index in [2.05, 4.69) is 30.6 Å². The summed E-state index contributed by atoms with van der Waals surface area (Å²) in [5.74, 6) is 0.258. The van der Waals surface area contributed by atoms with Gasteiger partial charge in [-0.25, -0.2) is 8.97 Å². The Morgan fingerprint density at radius 1 is 1.34 bits per heavy atom. The molecule has 1 atom stereocenters. The van der Waals surface area contributed by atoms with Gasteiger partial charge in [-0.05, 0) is 81.1 Å². The SMILES string of the molecule is C=[N+]1C=C(C(=O)c2c(F)ccc(C(C)=C(C)CS(=N)P3CCN(C)CC3)c2C)c2cc(Cl)cnc21. The third kappa shape index (κ3) is 5.24. The first-order valence-corrected chi connectivity index (χ1v) is 15.5. The molecule has 2 aliphatic heterocycles. The van der Waals surface area contributed by atoms with E-state index in [1.165, 1.54) is 16.8 Å². The number of nitrogens with zero attached hydrogens (tertiary/aromatic N) is 3. The van der Waals surface area contributed by atoms with Crippen LogP contribution in [0.2, 0.25) is 5.02 Å². The summed E-state index contributed by atoms with van der Waals surface area (Å²) in [7, 11) is 1.45. The maximum absolute atomic E-state index is 15.1. The molecule has 35 heavy (non-hydrogen) atoms. The topological polar surface area (TPSA) is 60.1 Å². The number of fused-ring (bicyclic) bond motifs is 1. The van der Waals surface area contributed by atoms with E-state index < -0.39 is 21.9 Å². The zero-order valence-corrected chi connectivity index (χ0v) is 23.0. The molecule has 0 radical (unpaired) electrons. The Kier molecular flexibility index (Phi) is 7.82. The monoisotopic (exact) mass is 531 g/mol. The van der Waals surface area contributed by atoms with Gasteiger partial charge in [-0.2, -0.15) is 0 Å². The van der Waals surface area contributed by atoms with Gasteiger partial charge in [-0.3, -0.25) is 9.57 Å². The molecule has 4 rings (SSSR count). The minimum atomic E-state index is -0.559. The van der Waals surface area contributed by atoms with Crippen LogP contribution in [-0.4, -0.2) is 65.2 Å². The van der Waals surface area contributed by atoms with E-state index in [1.54, 1.807) is 25.3 Å². The molecule has 1 fully saturated rings. The number of carbonyl (C=O) groups excluding carboxylic acids is 1. The molecule has 2 aromatic rings. The number of ketones is 1. The Balaban J connectivity index is 1.65. The summed E-state index contributed by atoms with van der Waals surface area (Å²) in [6.45, 7) is 11.9. The number of carbonyl (C=O) groups is 1. The molecular weight excluding hydrogens is 502 g/mol. The summed E-state index contributed by atoms with van der Waals surface area (Å²) in [5.41, 5.74) is 4.49. The summed E-state index contributed by atoms with van der Waals surface area (Å²) in [5, 5.41) is 0.398. The fourth-order valence-corrected chi connectivity index (χ4v) is 10.2. The Morgan fingerprint density at radius 3 is 2.71 bits per heavy atom. The lowest BCUT2D eigenvalue weighted by Crippen LogP contribution is -2.30. The summed E-state index contributed by atoms with van der Waals surface area (Å²) in [4.78, 5) is 20.2. The molecule has 9 heteroatoms. The van der Waals surface area contributed by atoms with Crippen molar-refractivity contribution in [3.05, 3.63) is 69.3 Å². The van der Waals surface area contributed by atoms with E-state index in [0.717, 1.165) is 47.9 Å². The fourth-order valence-electron chi connectivity index (χ4n) is 4.47. The molecule has 0 saturated carbocycles. The van der Waals surface area contributed by atoms with Crippen molar-refractivity contribution < 1.29 is 13.8 Å². The average Bonchev–Trinajstić information content (AvgIpc) is 3.14. The molecule has 3 heterocycles. The number of benzene rings is 1. The van der Waals surface area contributed by atoms with Gasteiger partial charge in [0.1, 0.15) is 12.0 Å². The molecule has 0 amide bonds. The Labute approximate surface area is 214 Å². The number of halogens is 2. The van der Waals surface area contributed by atoms with Crippen molar-refractivity contribution in [2.45, 2.75) is 20.8 Å². The third-order valence-electron chi connectivity index (χ3n) is 6.74. The lowest BCUT2D eigenvalue weighted by atomic mass is 9.90. The van der Waals surface area contributed by atoms with Gasteiger partial charge < -0.3 is 4.90 Å². The fraction of sp³-hybridized carbons (Fsp3) is 0.346. The predicted molar refractivity (Wildman–Crippen MR) is 147 cm³/mol. The number of nitrogens with one attached hydrogen (secondary N) is 1. The lowest BCUT2D eigenvalue weighted by molar-refractivity contribution is -0.349. The summed E-state index contributed by atoms with van der Waals surface area (Å²) in [6.07, 6.45) is 5.32. The molecule has 1 aromatic heterocycles. The van der Waals surface area contributed by atoms with Crippen LogP contribution in [0, 0.1) is 17.5 Å². The van der Waals surface area contributed by atoms with E-state index in [4.69, 9.17) is 16.4 Å². The average molecular weight is 532 g/mol. The second-order valence-corrected chi connectivity index (χ2v) is 15.3. The van der Waals surface area contributed by atoms with Gasteiger partial charge in [0.2, 0.25) is 5.78 Å². The molecule has 1 N–H and O–H groups in total. The third-order valence-corrected chi connectivity index (χ3v) is 13.0. The maximum atomic E-state index is 15.1. The van der Waals surface area contributed by atoms with Crippen molar-refractivity contribution in [1.29, 1.82) is 4.78 Å². The summed E-state index contributed by atoms with van der Waals surface area (Å²) >= 11 is 6.12. The van der Waals surface area contributed by atoms with Gasteiger partial charge in [0, 0.05) is 18.8 Å². The van der Waals surface area contributed by atoms with E-state index in [9.17, 15) is 4.79 Å². The second kappa shape index (κ2) is 10.5. The molecule has 0 bridgehead atoms. The van der Waals surface area contributed by atoms with Crippen LogP contribution in [0.15, 0.2) is 36.2 Å². The van der Waals surface area contributed by atoms with Gasteiger partial charge in [0.25, 0.3) is 0 Å². The smallest absolute Gasteiger partial charge is 0.306 e. The minimum absolute atomic E-state index is 0.0479. The van der Waals surface area contributed by atoms with Crippen molar-refractivity contribution in [2.75, 3.05) is 38.2 Å². The van der Waals surface area contributed by atoms with Gasteiger partial charge >= 0.3 is 5.82 Å². The molecule has 5 nitrogen and oxygen atoms in total. The number of allylic oxidation sites excluding steroid dienone is 2. The Morgan fingerprint density at radius 2 is 2.03 bits per heavy atom. The highest BCUT2D eigenvalue weighted by Crippen LogP contribution is 2.44. The van der Waals surface area contributed by atoms with Crippen molar-refractivity contribution in [3.63, 3.8) is 0 Å². The molecule has 1 aromatic carbocycles. The predicted octanol–water partition coefficient (Wildman–Crippen LogP) is 6.28. The highest BCUT2D eigenvalue weighted by molar-refractivity contribution is 8.47. The highest BCUT2D eigenvalue weighted by atomic mass is 35.5. The quantitative estimate of drug-likeness (QED) is 0.271. The second-order valence-electron chi connectivity index (χ2n) is 9.11. The number of rotatable bonds is 6. The van der Waals surface area contributed by atoms with E-state index in [0.29, 0.717) is 27.5 Å². The van der Waals surface area contributed by atoms with Crippen LogP contribution in [0.1, 0.15) is 40.9 Å². The van der Waals surface area contributed by atoms with Gasteiger partial charge in [-0.1, -0.05) is 33.6 Å². The molecule has 1 saturated heterocycles. The van der Waals surface area contributed by atoms with Crippen LogP contribution in [0.25, 0.3) is 11.1 Å². The first-order chi connectivity index (χ1) is 16.6. The van der Waals surface area contributed by atoms with Gasteiger partial charge in [-0.15, -0.1) is 0 Å². The number of hydrogen-bond acceptors (Lipinski definition) is 4. The lowest BCUT2D eigenvalue weighted by Gasteiger charge is -2.30. The minimum Gasteiger partial charge on any atom is -0.306 e. The van der Waals surface area contributed by atoms with Crippen molar-refractivity contribution in [1.82, 2.24) is 9.88 Å². The first-order valence-electron chi connectivity index (χ1n) is 11.4. The van der Waals surface area contributed by atoms with Crippen LogP contribution in [0.5, 0.6) is 0 Å². The van der Waals surface area contributed by atoms with Crippen LogP contribution >= 0.6 is 18.7 Å². The molecule has 2 aliphatic rings. The first kappa shape index (κ1) is 26.0. The van der Waals surface area contributed by atoms with Gasteiger partial charge in [0.05, 0.1) is 28.4 Å². The van der Waals surface area contributed by atoms with Crippen LogP contribution in [-0.2, 0) is 10.3 Å². The summed E-state index contributed by atoms with van der Waals surface area (Å²) in [6, 6.07) is 4.76. The molecular formula is C26H30ClFN4OPS+. The van der Waals surface area contributed by atoms with Gasteiger partial charge in [0.15, 0.2) is 6.20 Å². The zero-order valence-electron chi connectivity index (χ0n) is 20.5. The number of pyridine rings is 1. The highest BCUT2D eigenvalue weighted by Gasteiger charge is 2.33. The maximum Gasteiger partial charge on any atom is 0.335 e. The van der Waals surface area contributed by atoms with E-state index >= 15 is 4.39 Å². The van der Waals surface area contributed by atoms with Crippen LogP contribution < -0.4 is 0 Å². The number of aromatic nitrogens is 1. The molecule has 184 valence electrons. The largest absolute Gasteiger partial charge is 0.335 e. The standard InChI is InChI=1S/C26H30ClFN4OPS/c1-16(15-35(29)34-10-8-31(4)9-11-34)17(2)20-6-7-23(28)24(18(20)3)25(33)22-14-32(5)26-21(22)12-19(27)13-30-26/h6-7,12-14,29H,5,8-11,15H2,1-4H3/q+1. The van der Waals surface area contributed by atoms with Crippen molar-refractivity contribution >= 4 is 58.5 Å². The van der Waals surface area contributed by atoms with Crippen LogP contribution in [0.3, 0.4) is 0 Å². The molecule has 0 aliphatic carbocycles. The normalized spacial score (nSPS) is 18.2. The molecule has 1 unspecified atom stereocenters. The zero-order chi connectivity index (χ0) is 25.4. The number of Topliss-reactive ketones (excluding diaryl/α,β-unsaturated/α-hetero) is 1. The van der Waals surface area contributed by atoms with E-state index in [-0.39, 0.29) is 12.7 Å². The van der Waals surface area contributed by atoms with Crippen LogP contribution in [0.4, 0.5) is 10.2 Å².